The molecule has 1 N–H and O–H groups in total. The van der Waals surface area contributed by atoms with Crippen molar-refractivity contribution in [1.29, 1.82) is 0 Å². The third-order valence-corrected chi connectivity index (χ3v) is 3.33. The molecule has 0 amide bonds. The first-order valence-electron chi connectivity index (χ1n) is 5.10. The van der Waals surface area contributed by atoms with Gasteiger partial charge in [0.15, 0.2) is 5.17 Å². The number of amidine groups is 1. The van der Waals surface area contributed by atoms with Crippen LogP contribution >= 0.6 is 11.8 Å². The Labute approximate surface area is 90.7 Å². The van der Waals surface area contributed by atoms with E-state index in [9.17, 15) is 0 Å². The Balaban J connectivity index is 2.32. The van der Waals surface area contributed by atoms with Gasteiger partial charge >= 0.3 is 0 Å². The zero-order valence-electron chi connectivity index (χ0n) is 9.46. The minimum absolute atomic E-state index is 0.193. The molecule has 1 rings (SSSR count). The number of thioether (sulfide) groups is 1. The molecule has 82 valence electrons. The normalized spacial score (nSPS) is 25.0. The van der Waals surface area contributed by atoms with E-state index in [1.807, 2.05) is 6.92 Å². The van der Waals surface area contributed by atoms with E-state index < -0.39 is 0 Å². The van der Waals surface area contributed by atoms with E-state index >= 15 is 0 Å². The molecule has 3 nitrogen and oxygen atoms in total. The van der Waals surface area contributed by atoms with Gasteiger partial charge < -0.3 is 10.1 Å². The summed E-state index contributed by atoms with van der Waals surface area (Å²) in [6, 6.07) is 0. The minimum atomic E-state index is 0.193. The van der Waals surface area contributed by atoms with E-state index in [0.29, 0.717) is 0 Å². The highest BCUT2D eigenvalue weighted by atomic mass is 32.2. The van der Waals surface area contributed by atoms with Crippen LogP contribution in [0.25, 0.3) is 0 Å². The second-order valence-corrected chi connectivity index (χ2v) is 5.17. The van der Waals surface area contributed by atoms with E-state index in [-0.39, 0.29) is 11.6 Å². The Morgan fingerprint density at radius 3 is 2.86 bits per heavy atom. The molecule has 0 saturated carbocycles. The number of aliphatic imine (C=N–C) groups is 1. The third-order valence-electron chi connectivity index (χ3n) is 1.96. The summed E-state index contributed by atoms with van der Waals surface area (Å²) in [6.07, 6.45) is 0.221. The highest BCUT2D eigenvalue weighted by molar-refractivity contribution is 8.14. The Bertz CT molecular complexity index is 216. The fraction of sp³-hybridized carbons (Fsp3) is 0.900. The Morgan fingerprint density at radius 2 is 2.36 bits per heavy atom. The monoisotopic (exact) mass is 216 g/mol. The molecule has 1 aliphatic rings. The van der Waals surface area contributed by atoms with Crippen LogP contribution < -0.4 is 5.32 Å². The molecular weight excluding hydrogens is 196 g/mol. The predicted molar refractivity (Wildman–Crippen MR) is 63.1 cm³/mol. The van der Waals surface area contributed by atoms with E-state index in [4.69, 9.17) is 4.74 Å². The van der Waals surface area contributed by atoms with Gasteiger partial charge in [-0.05, 0) is 27.7 Å². The van der Waals surface area contributed by atoms with Crippen LogP contribution in [-0.2, 0) is 4.74 Å². The van der Waals surface area contributed by atoms with E-state index in [0.717, 1.165) is 24.1 Å². The van der Waals surface area contributed by atoms with Crippen LogP contribution in [0.15, 0.2) is 4.99 Å². The maximum Gasteiger partial charge on any atom is 0.157 e. The van der Waals surface area contributed by atoms with Crippen molar-refractivity contribution in [3.63, 3.8) is 0 Å². The smallest absolute Gasteiger partial charge is 0.157 e. The molecule has 0 radical (unpaired) electrons. The van der Waals surface area contributed by atoms with Crippen molar-refractivity contribution >= 4 is 16.9 Å². The number of ether oxygens (including phenoxy) is 1. The first-order chi connectivity index (χ1) is 6.53. The van der Waals surface area contributed by atoms with Gasteiger partial charge in [0.2, 0.25) is 0 Å². The first-order valence-corrected chi connectivity index (χ1v) is 6.09. The summed E-state index contributed by atoms with van der Waals surface area (Å²) >= 11 is 1.79. The molecule has 4 heteroatoms. The van der Waals surface area contributed by atoms with Crippen LogP contribution in [0.5, 0.6) is 0 Å². The second kappa shape index (κ2) is 5.03. The summed E-state index contributed by atoms with van der Waals surface area (Å²) in [5, 5.41) is 4.44. The van der Waals surface area contributed by atoms with Gasteiger partial charge in [-0.15, -0.1) is 0 Å². The molecule has 1 fully saturated rings. The second-order valence-electron chi connectivity index (χ2n) is 4.21. The lowest BCUT2D eigenvalue weighted by molar-refractivity contribution is 0.0829. The fourth-order valence-corrected chi connectivity index (χ4v) is 2.33. The van der Waals surface area contributed by atoms with Gasteiger partial charge in [0.05, 0.1) is 12.6 Å². The summed E-state index contributed by atoms with van der Waals surface area (Å²) in [7, 11) is 0. The molecule has 0 aromatic carbocycles. The van der Waals surface area contributed by atoms with Gasteiger partial charge in [-0.1, -0.05) is 11.8 Å². The summed E-state index contributed by atoms with van der Waals surface area (Å²) in [6.45, 7) is 9.95. The molecule has 1 saturated heterocycles. The molecule has 1 aliphatic heterocycles. The minimum Gasteiger partial charge on any atom is -0.377 e. The molecule has 0 aliphatic carbocycles. The van der Waals surface area contributed by atoms with Gasteiger partial charge in [-0.2, -0.15) is 0 Å². The van der Waals surface area contributed by atoms with E-state index in [1.54, 1.807) is 11.8 Å². The predicted octanol–water partition coefficient (Wildman–Crippen LogP) is 1.88. The lowest BCUT2D eigenvalue weighted by atomic mass is 10.1. The number of nitrogens with one attached hydrogen (secondary N) is 1. The molecule has 1 heterocycles. The topological polar surface area (TPSA) is 33.6 Å². The van der Waals surface area contributed by atoms with E-state index in [2.05, 4.69) is 31.1 Å². The summed E-state index contributed by atoms with van der Waals surface area (Å²) in [5.74, 6) is 1.09. The van der Waals surface area contributed by atoms with Gasteiger partial charge in [0.1, 0.15) is 0 Å². The van der Waals surface area contributed by atoms with Gasteiger partial charge in [0.25, 0.3) is 0 Å². The average Bonchev–Trinajstić information content (AvgIpc) is 2.43. The Kier molecular flexibility index (Phi) is 4.26. The number of rotatable bonds is 4. The quantitative estimate of drug-likeness (QED) is 0.779. The zero-order valence-corrected chi connectivity index (χ0v) is 10.3. The number of nitrogens with zero attached hydrogens (tertiary/aromatic N) is 1. The molecule has 1 unspecified atom stereocenters. The SMILES string of the molecule is CCOC(C)CN=C1NC(C)(C)CS1. The molecule has 14 heavy (non-hydrogen) atoms. The molecular formula is C10H20N2OS. The van der Waals surface area contributed by atoms with Crippen molar-refractivity contribution in [3.05, 3.63) is 0 Å². The summed E-state index contributed by atoms with van der Waals surface area (Å²) in [5.41, 5.74) is 0.193. The van der Waals surface area contributed by atoms with Crippen molar-refractivity contribution in [2.75, 3.05) is 18.9 Å². The zero-order chi connectivity index (χ0) is 10.6. The largest absolute Gasteiger partial charge is 0.377 e. The molecule has 0 bridgehead atoms. The lowest BCUT2D eigenvalue weighted by Crippen LogP contribution is -2.37. The number of hydrogen-bond donors (Lipinski definition) is 1. The van der Waals surface area contributed by atoms with Crippen molar-refractivity contribution in [2.24, 2.45) is 4.99 Å². The average molecular weight is 216 g/mol. The van der Waals surface area contributed by atoms with Gasteiger partial charge in [0, 0.05) is 17.9 Å². The fourth-order valence-electron chi connectivity index (χ4n) is 1.24. The maximum atomic E-state index is 5.41. The highest BCUT2D eigenvalue weighted by Gasteiger charge is 2.27. The van der Waals surface area contributed by atoms with Crippen LogP contribution in [0, 0.1) is 0 Å². The Hall–Kier alpha value is -0.220. The number of hydrogen-bond acceptors (Lipinski definition) is 3. The first kappa shape index (κ1) is 11.9. The van der Waals surface area contributed by atoms with Gasteiger partial charge in [-0.25, -0.2) is 0 Å². The van der Waals surface area contributed by atoms with Crippen LogP contribution in [0.3, 0.4) is 0 Å². The molecule has 1 atom stereocenters. The molecule has 0 aromatic heterocycles. The maximum absolute atomic E-state index is 5.41. The van der Waals surface area contributed by atoms with Crippen LogP contribution in [0.2, 0.25) is 0 Å². The van der Waals surface area contributed by atoms with E-state index in [1.165, 1.54) is 0 Å². The van der Waals surface area contributed by atoms with Crippen LogP contribution in [0.4, 0.5) is 0 Å². The van der Waals surface area contributed by atoms with Gasteiger partial charge in [-0.3, -0.25) is 4.99 Å². The van der Waals surface area contributed by atoms with Crippen molar-refractivity contribution < 1.29 is 4.74 Å². The Morgan fingerprint density at radius 1 is 1.64 bits per heavy atom. The third kappa shape index (κ3) is 3.88. The molecule has 0 spiro atoms. The highest BCUT2D eigenvalue weighted by Crippen LogP contribution is 2.21. The lowest BCUT2D eigenvalue weighted by Gasteiger charge is -2.16. The summed E-state index contributed by atoms with van der Waals surface area (Å²) < 4.78 is 5.41. The van der Waals surface area contributed by atoms with Crippen molar-refractivity contribution in [1.82, 2.24) is 5.32 Å². The van der Waals surface area contributed by atoms with Crippen molar-refractivity contribution in [3.8, 4) is 0 Å². The standard InChI is InChI=1S/C10H20N2OS/c1-5-13-8(2)6-11-9-12-10(3,4)7-14-9/h8H,5-7H2,1-4H3,(H,11,12). The summed E-state index contributed by atoms with van der Waals surface area (Å²) in [4.78, 5) is 4.48. The van der Waals surface area contributed by atoms with Crippen LogP contribution in [0.1, 0.15) is 27.7 Å². The van der Waals surface area contributed by atoms with Crippen LogP contribution in [-0.4, -0.2) is 35.7 Å². The molecule has 0 aromatic rings. The van der Waals surface area contributed by atoms with Crippen molar-refractivity contribution in [2.45, 2.75) is 39.3 Å².